The minimum Gasteiger partial charge on any atom is -0.204 e. The summed E-state index contributed by atoms with van der Waals surface area (Å²) in [5.41, 5.74) is 1.28. The molecule has 0 N–H and O–H groups in total. The predicted molar refractivity (Wildman–Crippen MR) is 78.8 cm³/mol. The lowest BCUT2D eigenvalue weighted by Gasteiger charge is -2.06. The summed E-state index contributed by atoms with van der Waals surface area (Å²) in [7, 11) is 0. The fourth-order valence-corrected chi connectivity index (χ4v) is 2.32. The molecule has 98 valence electrons. The highest BCUT2D eigenvalue weighted by Crippen LogP contribution is 2.27. The molecular formula is C18H9FN2. The molecule has 0 saturated heterocycles. The van der Waals surface area contributed by atoms with E-state index in [1.807, 2.05) is 42.5 Å². The van der Waals surface area contributed by atoms with Crippen LogP contribution in [-0.4, -0.2) is 0 Å². The number of fused-ring (bicyclic) bond motifs is 1. The van der Waals surface area contributed by atoms with Crippen LogP contribution in [0, 0.1) is 28.5 Å². The Bertz CT molecular complexity index is 895. The van der Waals surface area contributed by atoms with Crippen LogP contribution in [0.3, 0.4) is 0 Å². The number of nitriles is 2. The maximum atomic E-state index is 13.8. The maximum Gasteiger partial charge on any atom is 0.158 e. The molecule has 0 atom stereocenters. The number of rotatable bonds is 1. The van der Waals surface area contributed by atoms with Gasteiger partial charge in [-0.2, -0.15) is 10.5 Å². The van der Waals surface area contributed by atoms with Crippen LogP contribution in [-0.2, 0) is 0 Å². The van der Waals surface area contributed by atoms with E-state index in [4.69, 9.17) is 10.5 Å². The van der Waals surface area contributed by atoms with Crippen molar-refractivity contribution in [1.29, 1.82) is 10.5 Å². The SMILES string of the molecule is N#Cc1cc(-c2ccc3ccccc3c2)cc(C#N)c1F. The van der Waals surface area contributed by atoms with E-state index in [0.29, 0.717) is 5.56 Å². The fraction of sp³-hybridized carbons (Fsp3) is 0. The molecule has 0 fully saturated rings. The monoisotopic (exact) mass is 272 g/mol. The Kier molecular flexibility index (Phi) is 3.10. The fourth-order valence-electron chi connectivity index (χ4n) is 2.32. The van der Waals surface area contributed by atoms with E-state index < -0.39 is 5.82 Å². The Hall–Kier alpha value is -3.17. The van der Waals surface area contributed by atoms with Crippen molar-refractivity contribution < 1.29 is 4.39 Å². The van der Waals surface area contributed by atoms with E-state index >= 15 is 0 Å². The second kappa shape index (κ2) is 5.07. The molecule has 0 saturated carbocycles. The first-order valence-electron chi connectivity index (χ1n) is 6.36. The van der Waals surface area contributed by atoms with Crippen molar-refractivity contribution >= 4 is 10.8 Å². The Morgan fingerprint density at radius 2 is 1.33 bits per heavy atom. The van der Waals surface area contributed by atoms with Crippen LogP contribution >= 0.6 is 0 Å². The van der Waals surface area contributed by atoms with Crippen molar-refractivity contribution in [3.63, 3.8) is 0 Å². The summed E-state index contributed by atoms with van der Waals surface area (Å²) in [6, 6.07) is 20.2. The van der Waals surface area contributed by atoms with Gasteiger partial charge in [0, 0.05) is 0 Å². The second-order valence-corrected chi connectivity index (χ2v) is 4.67. The smallest absolute Gasteiger partial charge is 0.158 e. The van der Waals surface area contributed by atoms with Crippen molar-refractivity contribution in [2.75, 3.05) is 0 Å². The molecule has 0 aliphatic carbocycles. The van der Waals surface area contributed by atoms with Crippen LogP contribution in [0.1, 0.15) is 11.1 Å². The van der Waals surface area contributed by atoms with Crippen molar-refractivity contribution in [3.8, 4) is 23.3 Å². The van der Waals surface area contributed by atoms with Crippen molar-refractivity contribution in [2.24, 2.45) is 0 Å². The quantitative estimate of drug-likeness (QED) is 0.659. The van der Waals surface area contributed by atoms with Crippen molar-refractivity contribution in [1.82, 2.24) is 0 Å². The van der Waals surface area contributed by atoms with Gasteiger partial charge < -0.3 is 0 Å². The zero-order valence-electron chi connectivity index (χ0n) is 11.0. The normalized spacial score (nSPS) is 10.0. The van der Waals surface area contributed by atoms with Crippen molar-refractivity contribution in [3.05, 3.63) is 71.5 Å². The van der Waals surface area contributed by atoms with E-state index in [2.05, 4.69) is 0 Å². The molecule has 3 aromatic carbocycles. The van der Waals surface area contributed by atoms with Gasteiger partial charge >= 0.3 is 0 Å². The number of benzene rings is 3. The zero-order valence-corrected chi connectivity index (χ0v) is 11.0. The highest BCUT2D eigenvalue weighted by atomic mass is 19.1. The van der Waals surface area contributed by atoms with Gasteiger partial charge in [0.1, 0.15) is 12.1 Å². The van der Waals surface area contributed by atoms with E-state index in [1.165, 1.54) is 12.1 Å². The number of nitrogens with zero attached hydrogens (tertiary/aromatic N) is 2. The average Bonchev–Trinajstić information content (AvgIpc) is 2.54. The van der Waals surface area contributed by atoms with Gasteiger partial charge in [0.25, 0.3) is 0 Å². The molecule has 21 heavy (non-hydrogen) atoms. The van der Waals surface area contributed by atoms with Crippen LogP contribution in [0.15, 0.2) is 54.6 Å². The molecule has 0 spiro atoms. The van der Waals surface area contributed by atoms with E-state index in [1.54, 1.807) is 12.1 Å². The lowest BCUT2D eigenvalue weighted by Crippen LogP contribution is -1.92. The Labute approximate surface area is 121 Å². The Morgan fingerprint density at radius 1 is 0.714 bits per heavy atom. The van der Waals surface area contributed by atoms with Gasteiger partial charge in [-0.05, 0) is 40.1 Å². The summed E-state index contributed by atoms with van der Waals surface area (Å²) in [6.07, 6.45) is 0. The molecule has 0 radical (unpaired) electrons. The standard InChI is InChI=1S/C18H9FN2/c19-18-16(10-20)8-15(9-17(18)11-21)14-6-5-12-3-1-2-4-13(12)7-14/h1-9H. The summed E-state index contributed by atoms with van der Waals surface area (Å²) in [5.74, 6) is -0.760. The molecule has 0 bridgehead atoms. The first kappa shape index (κ1) is 12.8. The highest BCUT2D eigenvalue weighted by molar-refractivity contribution is 5.87. The first-order valence-corrected chi connectivity index (χ1v) is 6.36. The number of hydrogen-bond acceptors (Lipinski definition) is 2. The Morgan fingerprint density at radius 3 is 1.95 bits per heavy atom. The molecule has 0 aliphatic heterocycles. The van der Waals surface area contributed by atoms with Gasteiger partial charge in [0.05, 0.1) is 11.1 Å². The summed E-state index contributed by atoms with van der Waals surface area (Å²) < 4.78 is 13.8. The molecular weight excluding hydrogens is 263 g/mol. The molecule has 0 aliphatic rings. The minimum absolute atomic E-state index is 0.114. The highest BCUT2D eigenvalue weighted by Gasteiger charge is 2.11. The first-order chi connectivity index (χ1) is 10.2. The molecule has 3 rings (SSSR count). The third-order valence-corrected chi connectivity index (χ3v) is 3.40. The third-order valence-electron chi connectivity index (χ3n) is 3.40. The number of hydrogen-bond donors (Lipinski definition) is 0. The summed E-state index contributed by atoms with van der Waals surface area (Å²) in [4.78, 5) is 0. The summed E-state index contributed by atoms with van der Waals surface area (Å²) in [5, 5.41) is 20.1. The van der Waals surface area contributed by atoms with Crippen LogP contribution in [0.25, 0.3) is 21.9 Å². The summed E-state index contributed by atoms with van der Waals surface area (Å²) in [6.45, 7) is 0. The second-order valence-electron chi connectivity index (χ2n) is 4.67. The average molecular weight is 272 g/mol. The van der Waals surface area contributed by atoms with E-state index in [0.717, 1.165) is 16.3 Å². The maximum absolute atomic E-state index is 13.8. The van der Waals surface area contributed by atoms with Crippen LogP contribution in [0.2, 0.25) is 0 Å². The zero-order chi connectivity index (χ0) is 14.8. The molecule has 2 nitrogen and oxygen atoms in total. The van der Waals surface area contributed by atoms with Gasteiger partial charge in [0.2, 0.25) is 0 Å². The molecule has 3 aromatic rings. The lowest BCUT2D eigenvalue weighted by molar-refractivity contribution is 0.620. The number of halogens is 1. The Balaban J connectivity index is 2.23. The van der Waals surface area contributed by atoms with Crippen molar-refractivity contribution in [2.45, 2.75) is 0 Å². The lowest BCUT2D eigenvalue weighted by atomic mass is 9.97. The van der Waals surface area contributed by atoms with Crippen LogP contribution in [0.5, 0.6) is 0 Å². The molecule has 0 amide bonds. The van der Waals surface area contributed by atoms with Gasteiger partial charge in [-0.15, -0.1) is 0 Å². The van der Waals surface area contributed by atoms with E-state index in [9.17, 15) is 4.39 Å². The van der Waals surface area contributed by atoms with Gasteiger partial charge in [-0.25, -0.2) is 4.39 Å². The topological polar surface area (TPSA) is 47.6 Å². The van der Waals surface area contributed by atoms with Gasteiger partial charge in [-0.1, -0.05) is 36.4 Å². The largest absolute Gasteiger partial charge is 0.204 e. The molecule has 0 heterocycles. The van der Waals surface area contributed by atoms with Crippen LogP contribution < -0.4 is 0 Å². The molecule has 0 aromatic heterocycles. The molecule has 3 heteroatoms. The third kappa shape index (κ3) is 2.22. The van der Waals surface area contributed by atoms with Gasteiger partial charge in [-0.3, -0.25) is 0 Å². The minimum atomic E-state index is -0.760. The van der Waals surface area contributed by atoms with Crippen LogP contribution in [0.4, 0.5) is 4.39 Å². The summed E-state index contributed by atoms with van der Waals surface area (Å²) >= 11 is 0. The van der Waals surface area contributed by atoms with E-state index in [-0.39, 0.29) is 11.1 Å². The predicted octanol–water partition coefficient (Wildman–Crippen LogP) is 4.39. The van der Waals surface area contributed by atoms with Gasteiger partial charge in [0.15, 0.2) is 5.82 Å². The molecule has 0 unspecified atom stereocenters.